The van der Waals surface area contributed by atoms with Gasteiger partial charge in [-0.15, -0.1) is 0 Å². The first-order chi connectivity index (χ1) is 14.0. The molecule has 0 amide bonds. The van der Waals surface area contributed by atoms with Crippen molar-refractivity contribution in [2.24, 2.45) is 0 Å². The van der Waals surface area contributed by atoms with Crippen LogP contribution >= 0.6 is 0 Å². The van der Waals surface area contributed by atoms with Crippen molar-refractivity contribution in [2.45, 2.75) is 116 Å². The first-order valence-corrected chi connectivity index (χ1v) is 11.8. The summed E-state index contributed by atoms with van der Waals surface area (Å²) in [5.74, 6) is -0.351. The summed E-state index contributed by atoms with van der Waals surface area (Å²) in [4.78, 5) is 23.5. The predicted molar refractivity (Wildman–Crippen MR) is 117 cm³/mol. The molecule has 0 aromatic carbocycles. The number of aliphatic hydroxyl groups excluding tert-OH is 1. The normalized spacial score (nSPS) is 13.1. The van der Waals surface area contributed by atoms with Crippen molar-refractivity contribution >= 4 is 11.9 Å². The van der Waals surface area contributed by atoms with Gasteiger partial charge in [-0.2, -0.15) is 0 Å². The van der Waals surface area contributed by atoms with Crippen LogP contribution in [0.2, 0.25) is 0 Å². The fourth-order valence-electron chi connectivity index (χ4n) is 3.30. The Labute approximate surface area is 178 Å². The first kappa shape index (κ1) is 27.9. The molecule has 6 heteroatoms. The fraction of sp³-hybridized carbons (Fsp3) is 0.913. The van der Waals surface area contributed by atoms with E-state index >= 15 is 0 Å². The summed E-state index contributed by atoms with van der Waals surface area (Å²) in [5.41, 5.74) is 0. The number of aliphatic hydroxyl groups is 1. The highest BCUT2D eigenvalue weighted by atomic mass is 16.5. The molecule has 2 unspecified atom stereocenters. The summed E-state index contributed by atoms with van der Waals surface area (Å²) >= 11 is 0. The van der Waals surface area contributed by atoms with Crippen LogP contribution in [0, 0.1) is 0 Å². The fourth-order valence-corrected chi connectivity index (χ4v) is 3.30. The third-order valence-electron chi connectivity index (χ3n) is 5.01. The van der Waals surface area contributed by atoms with Gasteiger partial charge in [0, 0.05) is 6.42 Å². The maximum atomic E-state index is 12.2. The Hall–Kier alpha value is -1.14. The van der Waals surface area contributed by atoms with E-state index in [4.69, 9.17) is 9.47 Å². The molecule has 6 nitrogen and oxygen atoms in total. The van der Waals surface area contributed by atoms with Gasteiger partial charge in [0.05, 0.1) is 19.3 Å². The maximum absolute atomic E-state index is 12.2. The number of hydrogen-bond donors (Lipinski definition) is 2. The molecule has 0 bridgehead atoms. The Morgan fingerprint density at radius 2 is 1.41 bits per heavy atom. The van der Waals surface area contributed by atoms with Crippen LogP contribution in [0.15, 0.2) is 0 Å². The number of unbranched alkanes of at least 4 members (excludes halogenated alkanes) is 7. The minimum absolute atomic E-state index is 0.137. The van der Waals surface area contributed by atoms with Gasteiger partial charge in [0.15, 0.2) is 0 Å². The molecule has 0 aromatic heterocycles. The summed E-state index contributed by atoms with van der Waals surface area (Å²) < 4.78 is 10.1. The molecular weight excluding hydrogens is 370 g/mol. The molecule has 0 aliphatic carbocycles. The summed E-state index contributed by atoms with van der Waals surface area (Å²) in [6.45, 7) is 7.24. The molecule has 0 aliphatic rings. The summed E-state index contributed by atoms with van der Waals surface area (Å²) in [6, 6.07) is -0.322. The number of esters is 2. The minimum atomic E-state index is -0.322. The number of carbonyl (C=O) groups is 2. The Bertz CT molecular complexity index is 403. The molecule has 0 aliphatic heterocycles. The number of nitrogens with one attached hydrogen (secondary N) is 1. The van der Waals surface area contributed by atoms with Gasteiger partial charge in [-0.1, -0.05) is 58.3 Å². The average molecular weight is 416 g/mol. The predicted octanol–water partition coefficient (Wildman–Crippen LogP) is 4.52. The van der Waals surface area contributed by atoms with E-state index in [9.17, 15) is 14.7 Å². The van der Waals surface area contributed by atoms with Crippen molar-refractivity contribution in [2.75, 3.05) is 19.8 Å². The zero-order valence-corrected chi connectivity index (χ0v) is 19.0. The molecule has 0 fully saturated rings. The van der Waals surface area contributed by atoms with E-state index in [1.807, 2.05) is 13.8 Å². The van der Waals surface area contributed by atoms with E-state index in [1.165, 1.54) is 25.7 Å². The average Bonchev–Trinajstić information content (AvgIpc) is 2.69. The van der Waals surface area contributed by atoms with Gasteiger partial charge in [-0.25, -0.2) is 0 Å². The van der Waals surface area contributed by atoms with Crippen LogP contribution in [0.1, 0.15) is 104 Å². The van der Waals surface area contributed by atoms with Crippen LogP contribution in [-0.2, 0) is 19.1 Å². The van der Waals surface area contributed by atoms with Crippen LogP contribution in [0.5, 0.6) is 0 Å². The maximum Gasteiger partial charge on any atom is 0.323 e. The van der Waals surface area contributed by atoms with E-state index in [1.54, 1.807) is 0 Å². The van der Waals surface area contributed by atoms with Crippen molar-refractivity contribution < 1.29 is 24.2 Å². The van der Waals surface area contributed by atoms with Crippen LogP contribution in [0.25, 0.3) is 0 Å². The number of hydrogen-bond acceptors (Lipinski definition) is 6. The molecule has 0 heterocycles. The molecular formula is C23H45NO5. The standard InChI is InChI=1S/C23H45NO5/c1-4-7-8-9-12-15-20(25)18-19-24-21(23(27)29-6-3)16-13-10-11-14-17-22(26)28-5-2/h20-21,24-25H,4-19H2,1-3H3. The van der Waals surface area contributed by atoms with Gasteiger partial charge >= 0.3 is 11.9 Å². The zero-order valence-electron chi connectivity index (χ0n) is 19.0. The van der Waals surface area contributed by atoms with Gasteiger partial charge in [0.25, 0.3) is 0 Å². The van der Waals surface area contributed by atoms with Crippen molar-refractivity contribution in [3.63, 3.8) is 0 Å². The monoisotopic (exact) mass is 415 g/mol. The molecule has 172 valence electrons. The lowest BCUT2D eigenvalue weighted by atomic mass is 10.0. The third kappa shape index (κ3) is 17.4. The number of ether oxygens (including phenoxy) is 2. The highest BCUT2D eigenvalue weighted by molar-refractivity contribution is 5.75. The Morgan fingerprint density at radius 1 is 0.793 bits per heavy atom. The Balaban J connectivity index is 3.98. The SMILES string of the molecule is CCCCCCCC(O)CCNC(CCCCCCC(=O)OCC)C(=O)OCC. The smallest absolute Gasteiger partial charge is 0.323 e. The summed E-state index contributed by atoms with van der Waals surface area (Å²) in [5, 5.41) is 13.4. The van der Waals surface area contributed by atoms with E-state index in [0.29, 0.717) is 39.0 Å². The number of rotatable bonds is 20. The Kier molecular flexibility index (Phi) is 19.4. The molecule has 0 spiro atoms. The minimum Gasteiger partial charge on any atom is -0.466 e. The van der Waals surface area contributed by atoms with Gasteiger partial charge in [0.2, 0.25) is 0 Å². The second-order valence-corrected chi connectivity index (χ2v) is 7.66. The summed E-state index contributed by atoms with van der Waals surface area (Å²) in [7, 11) is 0. The lowest BCUT2D eigenvalue weighted by Gasteiger charge is -2.18. The first-order valence-electron chi connectivity index (χ1n) is 11.8. The van der Waals surface area contributed by atoms with Crippen LogP contribution in [0.4, 0.5) is 0 Å². The van der Waals surface area contributed by atoms with Gasteiger partial charge < -0.3 is 19.9 Å². The van der Waals surface area contributed by atoms with Crippen molar-refractivity contribution in [1.82, 2.24) is 5.32 Å². The van der Waals surface area contributed by atoms with Crippen LogP contribution in [-0.4, -0.2) is 48.9 Å². The van der Waals surface area contributed by atoms with Crippen LogP contribution < -0.4 is 5.32 Å². The molecule has 0 saturated heterocycles. The van der Waals surface area contributed by atoms with Gasteiger partial charge in [-0.05, 0) is 46.1 Å². The molecule has 2 N–H and O–H groups in total. The quantitative estimate of drug-likeness (QED) is 0.225. The third-order valence-corrected chi connectivity index (χ3v) is 5.01. The van der Waals surface area contributed by atoms with Crippen molar-refractivity contribution in [3.05, 3.63) is 0 Å². The van der Waals surface area contributed by atoms with Gasteiger partial charge in [-0.3, -0.25) is 9.59 Å². The molecule has 0 saturated carbocycles. The second-order valence-electron chi connectivity index (χ2n) is 7.66. The topological polar surface area (TPSA) is 84.9 Å². The molecule has 0 aromatic rings. The lowest BCUT2D eigenvalue weighted by Crippen LogP contribution is -2.39. The van der Waals surface area contributed by atoms with Crippen molar-refractivity contribution in [3.8, 4) is 0 Å². The van der Waals surface area contributed by atoms with Gasteiger partial charge in [0.1, 0.15) is 6.04 Å². The van der Waals surface area contributed by atoms with E-state index in [0.717, 1.165) is 38.5 Å². The highest BCUT2D eigenvalue weighted by Crippen LogP contribution is 2.11. The Morgan fingerprint density at radius 3 is 2.07 bits per heavy atom. The second kappa shape index (κ2) is 20.1. The van der Waals surface area contributed by atoms with Crippen molar-refractivity contribution in [1.29, 1.82) is 0 Å². The molecule has 29 heavy (non-hydrogen) atoms. The van der Waals surface area contributed by atoms with Crippen LogP contribution in [0.3, 0.4) is 0 Å². The summed E-state index contributed by atoms with van der Waals surface area (Å²) in [6.07, 6.45) is 12.0. The van der Waals surface area contributed by atoms with E-state index < -0.39 is 0 Å². The number of carbonyl (C=O) groups excluding carboxylic acids is 2. The largest absolute Gasteiger partial charge is 0.466 e. The zero-order chi connectivity index (χ0) is 21.7. The van der Waals surface area contributed by atoms with E-state index in [2.05, 4.69) is 12.2 Å². The lowest BCUT2D eigenvalue weighted by molar-refractivity contribution is -0.146. The molecule has 0 rings (SSSR count). The molecule has 0 radical (unpaired) electrons. The van der Waals surface area contributed by atoms with E-state index in [-0.39, 0.29) is 24.1 Å². The highest BCUT2D eigenvalue weighted by Gasteiger charge is 2.19. The molecule has 2 atom stereocenters.